The highest BCUT2D eigenvalue weighted by Crippen LogP contribution is 2.22. The van der Waals surface area contributed by atoms with Gasteiger partial charge in [0.2, 0.25) is 0 Å². The Morgan fingerprint density at radius 2 is 1.36 bits per heavy atom. The molecule has 0 N–H and O–H groups in total. The standard InChI is InChI=1S/C14H21NO.C6H6/c1-4-14(16)13(10-11-15(2)3)12-8-6-5-7-9-12;1-2-4-6-5-3-1/h5-9,13H,4,10-11H2,1-3H3;1-6H. The lowest BCUT2D eigenvalue weighted by atomic mass is 9.90. The molecular formula is C20H27NO. The Morgan fingerprint density at radius 1 is 0.909 bits per heavy atom. The molecule has 0 aromatic heterocycles. The van der Waals surface area contributed by atoms with Crippen molar-refractivity contribution in [1.29, 1.82) is 0 Å². The molecule has 2 aromatic rings. The molecular weight excluding hydrogens is 270 g/mol. The summed E-state index contributed by atoms with van der Waals surface area (Å²) in [4.78, 5) is 14.0. The van der Waals surface area contributed by atoms with Crippen molar-refractivity contribution < 1.29 is 4.79 Å². The number of hydrogen-bond donors (Lipinski definition) is 0. The van der Waals surface area contributed by atoms with Gasteiger partial charge in [-0.15, -0.1) is 0 Å². The molecule has 0 saturated heterocycles. The number of hydrogen-bond acceptors (Lipinski definition) is 2. The maximum atomic E-state index is 11.9. The van der Waals surface area contributed by atoms with Gasteiger partial charge in [-0.2, -0.15) is 0 Å². The van der Waals surface area contributed by atoms with Crippen LogP contribution in [0.25, 0.3) is 0 Å². The molecule has 0 heterocycles. The first kappa shape index (κ1) is 18.1. The van der Waals surface area contributed by atoms with Crippen LogP contribution in [0.2, 0.25) is 0 Å². The molecule has 22 heavy (non-hydrogen) atoms. The van der Waals surface area contributed by atoms with Crippen LogP contribution < -0.4 is 0 Å². The van der Waals surface area contributed by atoms with Gasteiger partial charge in [0.15, 0.2) is 0 Å². The number of carbonyl (C=O) groups is 1. The fourth-order valence-electron chi connectivity index (χ4n) is 2.22. The highest BCUT2D eigenvalue weighted by atomic mass is 16.1. The number of rotatable bonds is 6. The summed E-state index contributed by atoms with van der Waals surface area (Å²) in [6, 6.07) is 22.1. The predicted octanol–water partition coefficient (Wildman–Crippen LogP) is 4.39. The molecule has 2 rings (SSSR count). The minimum atomic E-state index is 0.0635. The summed E-state index contributed by atoms with van der Waals surface area (Å²) < 4.78 is 0. The van der Waals surface area contributed by atoms with Gasteiger partial charge in [0.25, 0.3) is 0 Å². The van der Waals surface area contributed by atoms with E-state index in [4.69, 9.17) is 0 Å². The minimum Gasteiger partial charge on any atom is -0.309 e. The molecule has 1 unspecified atom stereocenters. The third kappa shape index (κ3) is 7.19. The van der Waals surface area contributed by atoms with Crippen LogP contribution in [0, 0.1) is 0 Å². The molecule has 0 saturated carbocycles. The Labute approximate surface area is 134 Å². The lowest BCUT2D eigenvalue weighted by Gasteiger charge is -2.18. The van der Waals surface area contributed by atoms with Crippen molar-refractivity contribution in [3.8, 4) is 0 Å². The zero-order valence-corrected chi connectivity index (χ0v) is 13.9. The highest BCUT2D eigenvalue weighted by molar-refractivity contribution is 5.85. The summed E-state index contributed by atoms with van der Waals surface area (Å²) in [5, 5.41) is 0. The SMILES string of the molecule is CCC(=O)C(CCN(C)C)c1ccccc1.c1ccccc1. The van der Waals surface area contributed by atoms with E-state index in [1.165, 1.54) is 0 Å². The van der Waals surface area contributed by atoms with Crippen LogP contribution >= 0.6 is 0 Å². The molecule has 2 heteroatoms. The minimum absolute atomic E-state index is 0.0635. The monoisotopic (exact) mass is 297 g/mol. The molecule has 0 aliphatic carbocycles. The van der Waals surface area contributed by atoms with E-state index >= 15 is 0 Å². The van der Waals surface area contributed by atoms with Gasteiger partial charge in [-0.1, -0.05) is 73.7 Å². The number of carbonyl (C=O) groups excluding carboxylic acids is 1. The number of benzene rings is 2. The van der Waals surface area contributed by atoms with Crippen LogP contribution in [0.4, 0.5) is 0 Å². The van der Waals surface area contributed by atoms with Crippen LogP contribution in [0.3, 0.4) is 0 Å². The van der Waals surface area contributed by atoms with E-state index in [0.717, 1.165) is 18.5 Å². The Morgan fingerprint density at radius 3 is 1.77 bits per heavy atom. The molecule has 118 valence electrons. The van der Waals surface area contributed by atoms with E-state index in [0.29, 0.717) is 12.2 Å². The van der Waals surface area contributed by atoms with Crippen molar-refractivity contribution in [3.05, 3.63) is 72.3 Å². The zero-order valence-electron chi connectivity index (χ0n) is 13.9. The summed E-state index contributed by atoms with van der Waals surface area (Å²) in [6.07, 6.45) is 1.52. The molecule has 0 bridgehead atoms. The van der Waals surface area contributed by atoms with E-state index in [-0.39, 0.29) is 5.92 Å². The lowest BCUT2D eigenvalue weighted by molar-refractivity contribution is -0.120. The second kappa shape index (κ2) is 10.7. The van der Waals surface area contributed by atoms with Crippen molar-refractivity contribution in [2.75, 3.05) is 20.6 Å². The van der Waals surface area contributed by atoms with E-state index in [9.17, 15) is 4.79 Å². The van der Waals surface area contributed by atoms with Crippen molar-refractivity contribution in [2.45, 2.75) is 25.7 Å². The first-order valence-corrected chi connectivity index (χ1v) is 7.87. The van der Waals surface area contributed by atoms with E-state index in [2.05, 4.69) is 4.90 Å². The molecule has 0 aliphatic heterocycles. The first-order valence-electron chi connectivity index (χ1n) is 7.87. The molecule has 0 amide bonds. The van der Waals surface area contributed by atoms with Crippen LogP contribution in [-0.4, -0.2) is 31.3 Å². The molecule has 2 nitrogen and oxygen atoms in total. The van der Waals surface area contributed by atoms with Crippen molar-refractivity contribution >= 4 is 5.78 Å². The van der Waals surface area contributed by atoms with Crippen LogP contribution in [0.15, 0.2) is 66.7 Å². The second-order valence-corrected chi connectivity index (χ2v) is 5.53. The molecule has 0 radical (unpaired) electrons. The smallest absolute Gasteiger partial charge is 0.140 e. The highest BCUT2D eigenvalue weighted by Gasteiger charge is 2.18. The van der Waals surface area contributed by atoms with Crippen LogP contribution in [0.5, 0.6) is 0 Å². The average molecular weight is 297 g/mol. The Kier molecular flexibility index (Phi) is 8.85. The Bertz CT molecular complexity index is 481. The van der Waals surface area contributed by atoms with Gasteiger partial charge in [0.05, 0.1) is 0 Å². The van der Waals surface area contributed by atoms with Gasteiger partial charge in [-0.3, -0.25) is 4.79 Å². The molecule has 0 spiro atoms. The van der Waals surface area contributed by atoms with Gasteiger partial charge in [0, 0.05) is 12.3 Å². The Balaban J connectivity index is 0.000000335. The topological polar surface area (TPSA) is 20.3 Å². The van der Waals surface area contributed by atoms with Gasteiger partial charge < -0.3 is 4.90 Å². The second-order valence-electron chi connectivity index (χ2n) is 5.53. The van der Waals surface area contributed by atoms with Crippen LogP contribution in [-0.2, 0) is 4.79 Å². The predicted molar refractivity (Wildman–Crippen MR) is 94.1 cm³/mol. The van der Waals surface area contributed by atoms with E-state index in [1.807, 2.05) is 87.7 Å². The van der Waals surface area contributed by atoms with Crippen molar-refractivity contribution in [3.63, 3.8) is 0 Å². The normalized spacial score (nSPS) is 11.5. The fraction of sp³-hybridized carbons (Fsp3) is 0.350. The summed E-state index contributed by atoms with van der Waals surface area (Å²) in [7, 11) is 4.08. The van der Waals surface area contributed by atoms with Gasteiger partial charge in [-0.25, -0.2) is 0 Å². The molecule has 0 aliphatic rings. The quantitative estimate of drug-likeness (QED) is 0.788. The van der Waals surface area contributed by atoms with Crippen molar-refractivity contribution in [2.24, 2.45) is 0 Å². The summed E-state index contributed by atoms with van der Waals surface area (Å²) in [6.45, 7) is 2.89. The maximum absolute atomic E-state index is 11.9. The van der Waals surface area contributed by atoms with Gasteiger partial charge in [0.1, 0.15) is 5.78 Å². The molecule has 1 atom stereocenters. The number of ketones is 1. The molecule has 0 fully saturated rings. The first-order chi connectivity index (χ1) is 10.6. The largest absolute Gasteiger partial charge is 0.309 e. The Hall–Kier alpha value is -1.93. The third-order valence-corrected chi connectivity index (χ3v) is 3.47. The van der Waals surface area contributed by atoms with Crippen LogP contribution in [0.1, 0.15) is 31.2 Å². The zero-order chi connectivity index (χ0) is 16.2. The summed E-state index contributed by atoms with van der Waals surface area (Å²) >= 11 is 0. The fourth-order valence-corrected chi connectivity index (χ4v) is 2.22. The van der Waals surface area contributed by atoms with Gasteiger partial charge >= 0.3 is 0 Å². The maximum Gasteiger partial charge on any atom is 0.140 e. The van der Waals surface area contributed by atoms with E-state index in [1.54, 1.807) is 0 Å². The third-order valence-electron chi connectivity index (χ3n) is 3.47. The molecule has 2 aromatic carbocycles. The van der Waals surface area contributed by atoms with E-state index < -0.39 is 0 Å². The lowest BCUT2D eigenvalue weighted by Crippen LogP contribution is -2.20. The van der Waals surface area contributed by atoms with Crippen molar-refractivity contribution in [1.82, 2.24) is 4.90 Å². The average Bonchev–Trinajstić information content (AvgIpc) is 2.57. The number of Topliss-reactive ketones (excluding diaryl/α,β-unsaturated/α-hetero) is 1. The summed E-state index contributed by atoms with van der Waals surface area (Å²) in [5.74, 6) is 0.404. The summed E-state index contributed by atoms with van der Waals surface area (Å²) in [5.41, 5.74) is 1.15. The number of nitrogens with zero attached hydrogens (tertiary/aromatic N) is 1. The van der Waals surface area contributed by atoms with Gasteiger partial charge in [-0.05, 0) is 32.6 Å².